The average molecular weight is 657 g/mol. The average Bonchev–Trinajstić information content (AvgIpc) is 3.07. The lowest BCUT2D eigenvalue weighted by Crippen LogP contribution is -2.57. The normalized spacial score (nSPS) is 17.9. The summed E-state index contributed by atoms with van der Waals surface area (Å²) in [5.74, 6) is 0.126. The van der Waals surface area contributed by atoms with Crippen LogP contribution in [0.2, 0.25) is 0 Å². The largest absolute Gasteiger partial charge is 0.492 e. The van der Waals surface area contributed by atoms with Crippen LogP contribution in [-0.4, -0.2) is 78.4 Å². The Kier molecular flexibility index (Phi) is 10.3. The molecule has 0 aromatic heterocycles. The van der Waals surface area contributed by atoms with E-state index in [1.165, 1.54) is 11.4 Å². The summed E-state index contributed by atoms with van der Waals surface area (Å²) in [6, 6.07) is 22.2. The number of carbonyl (C=O) groups excluding carboxylic acids is 1. The molecule has 12 heteroatoms. The predicted octanol–water partition coefficient (Wildman–Crippen LogP) is 4.25. The monoisotopic (exact) mass is 656 g/mol. The minimum atomic E-state index is -3.91. The van der Waals surface area contributed by atoms with E-state index >= 15 is 0 Å². The number of hydrogen-bond acceptors (Lipinski definition) is 8. The molecule has 0 atom stereocenters. The van der Waals surface area contributed by atoms with Gasteiger partial charge in [0.25, 0.3) is 0 Å². The number of carbonyl (C=O) groups is 1. The molecule has 0 unspecified atom stereocenters. The highest BCUT2D eigenvalue weighted by atomic mass is 32.2. The second kappa shape index (κ2) is 14.0. The number of piperidine rings is 1. The Balaban J connectivity index is 1.19. The topological polar surface area (TPSA) is 128 Å². The van der Waals surface area contributed by atoms with E-state index in [2.05, 4.69) is 29.8 Å². The number of sulfonamides is 2. The molecule has 2 fully saturated rings. The van der Waals surface area contributed by atoms with E-state index in [0.717, 1.165) is 22.3 Å². The molecule has 0 radical (unpaired) electrons. The third kappa shape index (κ3) is 7.10. The number of esters is 1. The van der Waals surface area contributed by atoms with Crippen LogP contribution < -0.4 is 9.46 Å². The van der Waals surface area contributed by atoms with Gasteiger partial charge in [0.15, 0.2) is 4.75 Å². The van der Waals surface area contributed by atoms with Crippen molar-refractivity contribution in [2.75, 3.05) is 46.6 Å². The van der Waals surface area contributed by atoms with Crippen LogP contribution >= 0.6 is 0 Å². The number of rotatable bonds is 11. The number of nitrogens with zero attached hydrogens (tertiary/aromatic N) is 1. The fourth-order valence-corrected chi connectivity index (χ4v) is 9.37. The second-order valence-electron chi connectivity index (χ2n) is 11.4. The summed E-state index contributed by atoms with van der Waals surface area (Å²) in [6.45, 7) is 3.46. The molecule has 2 aliphatic heterocycles. The Hall–Kier alpha value is -3.29. The van der Waals surface area contributed by atoms with Gasteiger partial charge in [-0.3, -0.25) is 4.79 Å². The first-order valence-corrected chi connectivity index (χ1v) is 18.0. The highest BCUT2D eigenvalue weighted by Gasteiger charge is 2.55. The number of benzene rings is 3. The van der Waals surface area contributed by atoms with Gasteiger partial charge in [0.2, 0.25) is 20.0 Å². The van der Waals surface area contributed by atoms with Gasteiger partial charge in [-0.15, -0.1) is 0 Å². The van der Waals surface area contributed by atoms with Crippen molar-refractivity contribution < 1.29 is 35.8 Å². The first kappa shape index (κ1) is 33.1. The van der Waals surface area contributed by atoms with Gasteiger partial charge in [-0.2, -0.15) is 0 Å². The SMILES string of the molecule is COC(=O)C1(S(=O)(=O)N2CCC(c3ccc(-c4cccc(OCCNS(=O)(=O)c5ccccc5)c4)c(C)c3)CC2)CCOCC1. The van der Waals surface area contributed by atoms with E-state index in [0.29, 0.717) is 31.7 Å². The molecule has 45 heavy (non-hydrogen) atoms. The number of ether oxygens (including phenoxy) is 3. The lowest BCUT2D eigenvalue weighted by Gasteiger charge is -2.40. The highest BCUT2D eigenvalue weighted by molar-refractivity contribution is 7.91. The first-order chi connectivity index (χ1) is 21.6. The Morgan fingerprint density at radius 3 is 2.33 bits per heavy atom. The van der Waals surface area contributed by atoms with Crippen molar-refractivity contribution in [1.29, 1.82) is 0 Å². The lowest BCUT2D eigenvalue weighted by atomic mass is 9.87. The molecular formula is C33H40N2O8S2. The summed E-state index contributed by atoms with van der Waals surface area (Å²) >= 11 is 0. The van der Waals surface area contributed by atoms with E-state index in [1.807, 2.05) is 24.3 Å². The van der Waals surface area contributed by atoms with Crippen molar-refractivity contribution in [1.82, 2.24) is 9.03 Å². The van der Waals surface area contributed by atoms with Gasteiger partial charge >= 0.3 is 5.97 Å². The number of nitrogens with one attached hydrogen (secondary N) is 1. The van der Waals surface area contributed by atoms with Crippen molar-refractivity contribution in [3.8, 4) is 16.9 Å². The molecule has 0 spiro atoms. The van der Waals surface area contributed by atoms with E-state index in [9.17, 15) is 21.6 Å². The fourth-order valence-electron chi connectivity index (χ4n) is 6.18. The maximum Gasteiger partial charge on any atom is 0.328 e. The van der Waals surface area contributed by atoms with Gasteiger partial charge in [0.1, 0.15) is 12.4 Å². The van der Waals surface area contributed by atoms with Crippen molar-refractivity contribution in [2.24, 2.45) is 0 Å². The zero-order valence-corrected chi connectivity index (χ0v) is 27.2. The van der Waals surface area contributed by atoms with Gasteiger partial charge in [-0.05, 0) is 72.2 Å². The molecule has 3 aromatic rings. The maximum absolute atomic E-state index is 13.7. The molecule has 2 saturated heterocycles. The Bertz CT molecular complexity index is 1700. The number of hydrogen-bond donors (Lipinski definition) is 1. The lowest BCUT2D eigenvalue weighted by molar-refractivity contribution is -0.146. The molecule has 0 bridgehead atoms. The van der Waals surface area contributed by atoms with Crippen molar-refractivity contribution in [2.45, 2.75) is 48.2 Å². The van der Waals surface area contributed by atoms with Crippen molar-refractivity contribution in [3.63, 3.8) is 0 Å². The number of methoxy groups -OCH3 is 1. The first-order valence-electron chi connectivity index (χ1n) is 15.1. The number of aryl methyl sites for hydroxylation is 1. The van der Waals surface area contributed by atoms with E-state index < -0.39 is 30.8 Å². The summed E-state index contributed by atoms with van der Waals surface area (Å²) in [6.07, 6.45) is 1.51. The minimum absolute atomic E-state index is 0.0991. The summed E-state index contributed by atoms with van der Waals surface area (Å²) < 4.78 is 70.8. The molecule has 2 aliphatic rings. The molecule has 242 valence electrons. The molecule has 0 aliphatic carbocycles. The highest BCUT2D eigenvalue weighted by Crippen LogP contribution is 2.38. The van der Waals surface area contributed by atoms with Crippen LogP contribution in [0.1, 0.15) is 42.7 Å². The predicted molar refractivity (Wildman–Crippen MR) is 171 cm³/mol. The molecule has 2 heterocycles. The molecule has 3 aromatic carbocycles. The Morgan fingerprint density at radius 2 is 1.67 bits per heavy atom. The molecule has 0 saturated carbocycles. The zero-order valence-electron chi connectivity index (χ0n) is 25.6. The van der Waals surface area contributed by atoms with Gasteiger partial charge in [-0.1, -0.05) is 48.5 Å². The second-order valence-corrected chi connectivity index (χ2v) is 15.5. The van der Waals surface area contributed by atoms with Crippen LogP contribution in [-0.2, 0) is 34.3 Å². The molecule has 1 N–H and O–H groups in total. The van der Waals surface area contributed by atoms with E-state index in [-0.39, 0.29) is 50.0 Å². The van der Waals surface area contributed by atoms with Crippen LogP contribution in [0.25, 0.3) is 11.1 Å². The molecular weight excluding hydrogens is 617 g/mol. The van der Waals surface area contributed by atoms with Gasteiger partial charge in [0.05, 0.1) is 12.0 Å². The summed E-state index contributed by atoms with van der Waals surface area (Å²) in [4.78, 5) is 12.9. The summed E-state index contributed by atoms with van der Waals surface area (Å²) in [7, 11) is -6.28. The van der Waals surface area contributed by atoms with Gasteiger partial charge < -0.3 is 14.2 Å². The van der Waals surface area contributed by atoms with Crippen molar-refractivity contribution in [3.05, 3.63) is 83.9 Å². The Labute approximate surface area is 265 Å². The van der Waals surface area contributed by atoms with Gasteiger partial charge in [0, 0.05) is 45.7 Å². The quantitative estimate of drug-likeness (QED) is 0.240. The van der Waals surface area contributed by atoms with E-state index in [1.54, 1.807) is 30.3 Å². The van der Waals surface area contributed by atoms with E-state index in [4.69, 9.17) is 14.2 Å². The van der Waals surface area contributed by atoms with Crippen LogP contribution in [0.15, 0.2) is 77.7 Å². The summed E-state index contributed by atoms with van der Waals surface area (Å²) in [5.41, 5.74) is 4.27. The minimum Gasteiger partial charge on any atom is -0.492 e. The van der Waals surface area contributed by atoms with Crippen LogP contribution in [0.3, 0.4) is 0 Å². The third-order valence-corrected chi connectivity index (χ3v) is 12.8. The van der Waals surface area contributed by atoms with Gasteiger partial charge in [-0.25, -0.2) is 25.9 Å². The molecule has 10 nitrogen and oxygen atoms in total. The third-order valence-electron chi connectivity index (χ3n) is 8.73. The van der Waals surface area contributed by atoms with Crippen LogP contribution in [0, 0.1) is 6.92 Å². The summed E-state index contributed by atoms with van der Waals surface area (Å²) in [5, 5.41) is 0. The smallest absolute Gasteiger partial charge is 0.328 e. The zero-order chi connectivity index (χ0) is 32.1. The van der Waals surface area contributed by atoms with Crippen molar-refractivity contribution >= 4 is 26.0 Å². The molecule has 5 rings (SSSR count). The van der Waals surface area contributed by atoms with Crippen LogP contribution in [0.5, 0.6) is 5.75 Å². The maximum atomic E-state index is 13.7. The fraction of sp³-hybridized carbons (Fsp3) is 0.424. The standard InChI is InChI=1S/C33H40N2O8S2/c1-25-23-27(26-13-18-35(19-14-26)45(39,40)33(32(36)41-2)15-20-42-21-16-33)11-12-31(25)28-7-6-8-29(24-28)43-22-17-34-44(37,38)30-9-4-3-5-10-30/h3-12,23-24,26,34H,13-22H2,1-2H3. The Morgan fingerprint density at radius 1 is 0.956 bits per heavy atom. The van der Waals surface area contributed by atoms with Crippen LogP contribution in [0.4, 0.5) is 0 Å². The molecule has 0 amide bonds.